The number of aryl methyl sites for hydroxylation is 1. The van der Waals surface area contributed by atoms with Crippen molar-refractivity contribution in [1.29, 1.82) is 0 Å². The fourth-order valence-electron chi connectivity index (χ4n) is 1.83. The van der Waals surface area contributed by atoms with Crippen molar-refractivity contribution in [2.75, 3.05) is 19.7 Å². The first-order chi connectivity index (χ1) is 10.1. The molecule has 0 fully saturated rings. The van der Waals surface area contributed by atoms with Crippen LogP contribution < -0.4 is 10.1 Å². The molecule has 0 spiro atoms. The zero-order chi connectivity index (χ0) is 15.1. The molecule has 6 heteroatoms. The average Bonchev–Trinajstić information content (AvgIpc) is 2.89. The van der Waals surface area contributed by atoms with Gasteiger partial charge in [0.15, 0.2) is 0 Å². The standard InChI is InChI=1S/C15H20FN3O2/c1-12-8-18-19(10-12)7-6-17-9-14(20)11-21-15-4-2-13(16)3-5-15/h2-5,8,10,14,17,20H,6-7,9,11H2,1H3. The minimum Gasteiger partial charge on any atom is -0.491 e. The lowest BCUT2D eigenvalue weighted by molar-refractivity contribution is 0.106. The van der Waals surface area contributed by atoms with Gasteiger partial charge in [-0.15, -0.1) is 0 Å². The number of ether oxygens (including phenoxy) is 1. The van der Waals surface area contributed by atoms with E-state index >= 15 is 0 Å². The fourth-order valence-corrected chi connectivity index (χ4v) is 1.83. The van der Waals surface area contributed by atoms with Crippen LogP contribution in [0.25, 0.3) is 0 Å². The number of hydrogen-bond acceptors (Lipinski definition) is 4. The first-order valence-electron chi connectivity index (χ1n) is 6.89. The molecule has 0 radical (unpaired) electrons. The Morgan fingerprint density at radius 3 is 2.81 bits per heavy atom. The SMILES string of the molecule is Cc1cnn(CCNCC(O)COc2ccc(F)cc2)c1. The van der Waals surface area contributed by atoms with E-state index in [1.807, 2.05) is 24.0 Å². The number of halogens is 1. The van der Waals surface area contributed by atoms with Gasteiger partial charge in [-0.05, 0) is 36.8 Å². The van der Waals surface area contributed by atoms with E-state index in [2.05, 4.69) is 10.4 Å². The van der Waals surface area contributed by atoms with Gasteiger partial charge in [-0.25, -0.2) is 4.39 Å². The Balaban J connectivity index is 1.59. The Hall–Kier alpha value is -1.92. The Bertz CT molecular complexity index is 542. The average molecular weight is 293 g/mol. The van der Waals surface area contributed by atoms with Crippen molar-refractivity contribution in [2.24, 2.45) is 0 Å². The molecule has 114 valence electrons. The Morgan fingerprint density at radius 1 is 1.38 bits per heavy atom. The first kappa shape index (κ1) is 15.5. The monoisotopic (exact) mass is 293 g/mol. The molecule has 2 rings (SSSR count). The van der Waals surface area contributed by atoms with Crippen LogP contribution in [0.5, 0.6) is 5.75 Å². The number of benzene rings is 1. The summed E-state index contributed by atoms with van der Waals surface area (Å²) in [6.45, 7) is 4.06. The van der Waals surface area contributed by atoms with Crippen LogP contribution in [0, 0.1) is 12.7 Å². The smallest absolute Gasteiger partial charge is 0.123 e. The van der Waals surface area contributed by atoms with Crippen molar-refractivity contribution in [2.45, 2.75) is 19.6 Å². The highest BCUT2D eigenvalue weighted by molar-refractivity contribution is 5.22. The van der Waals surface area contributed by atoms with Gasteiger partial charge in [0.1, 0.15) is 24.3 Å². The van der Waals surface area contributed by atoms with Gasteiger partial charge in [0.25, 0.3) is 0 Å². The maximum Gasteiger partial charge on any atom is 0.123 e. The van der Waals surface area contributed by atoms with Crippen molar-refractivity contribution in [3.63, 3.8) is 0 Å². The fraction of sp³-hybridized carbons (Fsp3) is 0.400. The third-order valence-corrected chi connectivity index (χ3v) is 2.92. The summed E-state index contributed by atoms with van der Waals surface area (Å²) < 4.78 is 19.9. The van der Waals surface area contributed by atoms with E-state index in [0.717, 1.165) is 12.1 Å². The molecule has 0 amide bonds. The molecule has 1 aromatic heterocycles. The van der Waals surface area contributed by atoms with E-state index in [1.165, 1.54) is 24.3 Å². The van der Waals surface area contributed by atoms with Crippen LogP contribution in [0.2, 0.25) is 0 Å². The Kier molecular flexibility index (Phi) is 5.71. The number of aromatic nitrogens is 2. The molecule has 0 aliphatic carbocycles. The molecule has 5 nitrogen and oxygen atoms in total. The topological polar surface area (TPSA) is 59.3 Å². The molecule has 1 heterocycles. The molecule has 0 saturated carbocycles. The van der Waals surface area contributed by atoms with Crippen molar-refractivity contribution >= 4 is 0 Å². The Labute approximate surface area is 123 Å². The van der Waals surface area contributed by atoms with E-state index < -0.39 is 6.10 Å². The van der Waals surface area contributed by atoms with Gasteiger partial charge in [-0.1, -0.05) is 0 Å². The highest BCUT2D eigenvalue weighted by Gasteiger charge is 2.05. The summed E-state index contributed by atoms with van der Waals surface area (Å²) in [5, 5.41) is 17.1. The summed E-state index contributed by atoms with van der Waals surface area (Å²) >= 11 is 0. The van der Waals surface area contributed by atoms with Gasteiger partial charge >= 0.3 is 0 Å². The zero-order valence-electron chi connectivity index (χ0n) is 12.0. The third kappa shape index (κ3) is 5.53. The highest BCUT2D eigenvalue weighted by Crippen LogP contribution is 2.11. The van der Waals surface area contributed by atoms with Crippen LogP contribution in [0.1, 0.15) is 5.56 Å². The molecule has 1 atom stereocenters. The van der Waals surface area contributed by atoms with E-state index in [1.54, 1.807) is 0 Å². The molecule has 0 saturated heterocycles. The van der Waals surface area contributed by atoms with Crippen LogP contribution in [-0.2, 0) is 6.54 Å². The number of aliphatic hydroxyl groups excluding tert-OH is 1. The van der Waals surface area contributed by atoms with Crippen molar-refractivity contribution < 1.29 is 14.2 Å². The second-order valence-electron chi connectivity index (χ2n) is 4.90. The highest BCUT2D eigenvalue weighted by atomic mass is 19.1. The van der Waals surface area contributed by atoms with Gasteiger partial charge in [0.2, 0.25) is 0 Å². The van der Waals surface area contributed by atoms with E-state index in [9.17, 15) is 9.50 Å². The maximum absolute atomic E-state index is 12.7. The van der Waals surface area contributed by atoms with Gasteiger partial charge in [-0.2, -0.15) is 5.10 Å². The van der Waals surface area contributed by atoms with Crippen LogP contribution in [0.3, 0.4) is 0 Å². The molecule has 21 heavy (non-hydrogen) atoms. The maximum atomic E-state index is 12.7. The summed E-state index contributed by atoms with van der Waals surface area (Å²) in [5.41, 5.74) is 1.13. The largest absolute Gasteiger partial charge is 0.491 e. The van der Waals surface area contributed by atoms with Gasteiger partial charge in [0.05, 0.1) is 12.7 Å². The quantitative estimate of drug-likeness (QED) is 0.722. The second kappa shape index (κ2) is 7.75. The summed E-state index contributed by atoms with van der Waals surface area (Å²) in [4.78, 5) is 0. The summed E-state index contributed by atoms with van der Waals surface area (Å²) in [7, 11) is 0. The molecular weight excluding hydrogens is 273 g/mol. The lowest BCUT2D eigenvalue weighted by Gasteiger charge is -2.13. The third-order valence-electron chi connectivity index (χ3n) is 2.92. The first-order valence-corrected chi connectivity index (χ1v) is 6.89. The van der Waals surface area contributed by atoms with Crippen LogP contribution in [0.4, 0.5) is 4.39 Å². The number of nitrogens with one attached hydrogen (secondary N) is 1. The van der Waals surface area contributed by atoms with Crippen molar-refractivity contribution in [3.8, 4) is 5.75 Å². The second-order valence-corrected chi connectivity index (χ2v) is 4.90. The van der Waals surface area contributed by atoms with Crippen LogP contribution in [0.15, 0.2) is 36.7 Å². The normalized spacial score (nSPS) is 12.3. The lowest BCUT2D eigenvalue weighted by atomic mass is 10.3. The van der Waals surface area contributed by atoms with Gasteiger partial charge in [0, 0.05) is 19.3 Å². The lowest BCUT2D eigenvalue weighted by Crippen LogP contribution is -2.33. The Morgan fingerprint density at radius 2 is 2.14 bits per heavy atom. The van der Waals surface area contributed by atoms with Gasteiger partial charge < -0.3 is 15.2 Å². The van der Waals surface area contributed by atoms with Crippen LogP contribution in [-0.4, -0.2) is 40.7 Å². The van der Waals surface area contributed by atoms with Crippen molar-refractivity contribution in [1.82, 2.24) is 15.1 Å². The summed E-state index contributed by atoms with van der Waals surface area (Å²) in [5.74, 6) is 0.237. The molecule has 0 bridgehead atoms. The summed E-state index contributed by atoms with van der Waals surface area (Å²) in [6, 6.07) is 5.73. The van der Waals surface area contributed by atoms with E-state index in [0.29, 0.717) is 18.8 Å². The minimum atomic E-state index is -0.616. The molecule has 0 aliphatic heterocycles. The number of aliphatic hydroxyl groups is 1. The molecule has 2 N–H and O–H groups in total. The molecular formula is C15H20FN3O2. The minimum absolute atomic E-state index is 0.166. The number of rotatable bonds is 8. The van der Waals surface area contributed by atoms with E-state index in [-0.39, 0.29) is 12.4 Å². The molecule has 1 aromatic carbocycles. The number of hydrogen-bond donors (Lipinski definition) is 2. The van der Waals surface area contributed by atoms with E-state index in [4.69, 9.17) is 4.74 Å². The molecule has 2 aromatic rings. The summed E-state index contributed by atoms with van der Waals surface area (Å²) in [6.07, 6.45) is 3.16. The molecule has 1 unspecified atom stereocenters. The predicted octanol–water partition coefficient (Wildman–Crippen LogP) is 1.36. The van der Waals surface area contributed by atoms with Crippen molar-refractivity contribution in [3.05, 3.63) is 48.0 Å². The number of nitrogens with zero attached hydrogens (tertiary/aromatic N) is 2. The van der Waals surface area contributed by atoms with Gasteiger partial charge in [-0.3, -0.25) is 4.68 Å². The predicted molar refractivity (Wildman–Crippen MR) is 77.7 cm³/mol. The molecule has 0 aliphatic rings. The zero-order valence-corrected chi connectivity index (χ0v) is 12.0. The van der Waals surface area contributed by atoms with Crippen LogP contribution >= 0.6 is 0 Å².